The molecule has 1 aromatic carbocycles. The summed E-state index contributed by atoms with van der Waals surface area (Å²) in [5.74, 6) is 0. The Balaban J connectivity index is 2.90. The second kappa shape index (κ2) is 3.96. The number of nitrogens with one attached hydrogen (secondary N) is 1. The summed E-state index contributed by atoms with van der Waals surface area (Å²) in [6.07, 6.45) is 0.690. The quantitative estimate of drug-likeness (QED) is 0.683. The van der Waals surface area contributed by atoms with Gasteiger partial charge in [-0.2, -0.15) is 0 Å². The zero-order valence-electron chi connectivity index (χ0n) is 5.90. The van der Waals surface area contributed by atoms with Crippen molar-refractivity contribution in [2.24, 2.45) is 0 Å². The summed E-state index contributed by atoms with van der Waals surface area (Å²) >= 11 is 11.5. The van der Waals surface area contributed by atoms with E-state index in [2.05, 4.69) is 0 Å². The molecule has 1 aromatic rings. The smallest absolute Gasteiger partial charge is 0.0453 e. The van der Waals surface area contributed by atoms with Gasteiger partial charge in [-0.3, -0.25) is 5.73 Å². The van der Waals surface area contributed by atoms with Gasteiger partial charge in [-0.05, 0) is 24.1 Å². The Hall–Kier alpha value is -0.240. The first-order valence-electron chi connectivity index (χ1n) is 3.32. The maximum atomic E-state index is 7.00. The fourth-order valence-electron chi connectivity index (χ4n) is 0.859. The first-order valence-corrected chi connectivity index (χ1v) is 4.08. The fraction of sp³-hybridized carbons (Fsp3) is 0.250. The van der Waals surface area contributed by atoms with Crippen LogP contribution in [-0.4, -0.2) is 6.54 Å². The van der Waals surface area contributed by atoms with E-state index >= 15 is 0 Å². The third-order valence-electron chi connectivity index (χ3n) is 1.41. The average molecular weight is 189 g/mol. The van der Waals surface area contributed by atoms with Gasteiger partial charge >= 0.3 is 0 Å². The lowest BCUT2D eigenvalue weighted by molar-refractivity contribution is 0.941. The lowest BCUT2D eigenvalue weighted by atomic mass is 10.1. The fourth-order valence-corrected chi connectivity index (χ4v) is 1.36. The Bertz CT molecular complexity index is 248. The second-order valence-corrected chi connectivity index (χ2v) is 3.08. The highest BCUT2D eigenvalue weighted by molar-refractivity contribution is 6.35. The van der Waals surface area contributed by atoms with Gasteiger partial charge in [0.15, 0.2) is 0 Å². The summed E-state index contributed by atoms with van der Waals surface area (Å²) in [6.45, 7) is 0.362. The number of hydrogen-bond acceptors (Lipinski definition) is 0. The largest absolute Gasteiger partial charge is 0.258 e. The van der Waals surface area contributed by atoms with E-state index in [0.29, 0.717) is 23.0 Å². The molecule has 11 heavy (non-hydrogen) atoms. The molecule has 0 atom stereocenters. The van der Waals surface area contributed by atoms with E-state index in [9.17, 15) is 0 Å². The van der Waals surface area contributed by atoms with Gasteiger partial charge in [0.1, 0.15) is 0 Å². The van der Waals surface area contributed by atoms with Crippen LogP contribution in [0.1, 0.15) is 5.56 Å². The molecule has 1 radical (unpaired) electrons. The van der Waals surface area contributed by atoms with Crippen molar-refractivity contribution < 1.29 is 0 Å². The van der Waals surface area contributed by atoms with Gasteiger partial charge in [0.05, 0.1) is 0 Å². The van der Waals surface area contributed by atoms with E-state index in [1.54, 1.807) is 12.1 Å². The molecule has 59 valence electrons. The monoisotopic (exact) mass is 188 g/mol. The van der Waals surface area contributed by atoms with E-state index in [4.69, 9.17) is 28.9 Å². The number of hydrogen-bond donors (Lipinski definition) is 0. The van der Waals surface area contributed by atoms with Gasteiger partial charge in [0.2, 0.25) is 0 Å². The van der Waals surface area contributed by atoms with Crippen LogP contribution >= 0.6 is 23.2 Å². The highest BCUT2D eigenvalue weighted by Crippen LogP contribution is 2.20. The van der Waals surface area contributed by atoms with Gasteiger partial charge < -0.3 is 0 Å². The molecule has 0 fully saturated rings. The van der Waals surface area contributed by atoms with Crippen molar-refractivity contribution >= 4 is 23.2 Å². The third kappa shape index (κ3) is 2.37. The van der Waals surface area contributed by atoms with Gasteiger partial charge in [0.25, 0.3) is 0 Å². The van der Waals surface area contributed by atoms with Gasteiger partial charge in [-0.25, -0.2) is 0 Å². The average Bonchev–Trinajstić information content (AvgIpc) is 1.95. The van der Waals surface area contributed by atoms with Gasteiger partial charge in [-0.15, -0.1) is 0 Å². The summed E-state index contributed by atoms with van der Waals surface area (Å²) in [6, 6.07) is 5.35. The zero-order valence-corrected chi connectivity index (χ0v) is 7.41. The van der Waals surface area contributed by atoms with E-state index < -0.39 is 0 Å². The number of benzene rings is 1. The minimum absolute atomic E-state index is 0.362. The molecule has 0 saturated heterocycles. The van der Waals surface area contributed by atoms with Crippen molar-refractivity contribution in [3.63, 3.8) is 0 Å². The topological polar surface area (TPSA) is 23.8 Å². The van der Waals surface area contributed by atoms with E-state index in [0.717, 1.165) is 5.56 Å². The normalized spacial score (nSPS) is 10.1. The van der Waals surface area contributed by atoms with Crippen LogP contribution in [0.4, 0.5) is 0 Å². The van der Waals surface area contributed by atoms with E-state index in [1.807, 2.05) is 6.07 Å². The Morgan fingerprint density at radius 3 is 2.55 bits per heavy atom. The summed E-state index contributed by atoms with van der Waals surface area (Å²) in [4.78, 5) is 0. The maximum absolute atomic E-state index is 7.00. The van der Waals surface area contributed by atoms with Crippen molar-refractivity contribution in [2.45, 2.75) is 6.42 Å². The predicted octanol–water partition coefficient (Wildman–Crippen LogP) is 2.82. The van der Waals surface area contributed by atoms with Crippen molar-refractivity contribution in [3.8, 4) is 0 Å². The number of halogens is 2. The summed E-state index contributed by atoms with van der Waals surface area (Å²) in [7, 11) is 0. The van der Waals surface area contributed by atoms with Gasteiger partial charge in [0, 0.05) is 16.6 Å². The van der Waals surface area contributed by atoms with Crippen LogP contribution in [0.5, 0.6) is 0 Å². The minimum atomic E-state index is 0.362. The Morgan fingerprint density at radius 2 is 2.00 bits per heavy atom. The molecule has 0 aliphatic rings. The highest BCUT2D eigenvalue weighted by atomic mass is 35.5. The van der Waals surface area contributed by atoms with Crippen LogP contribution in [0, 0.1) is 0 Å². The molecule has 1 N–H and O–H groups in total. The van der Waals surface area contributed by atoms with Crippen LogP contribution in [0.2, 0.25) is 10.0 Å². The van der Waals surface area contributed by atoms with Crippen LogP contribution in [0.15, 0.2) is 18.2 Å². The van der Waals surface area contributed by atoms with Crippen molar-refractivity contribution in [1.82, 2.24) is 5.73 Å². The summed E-state index contributed by atoms with van der Waals surface area (Å²) < 4.78 is 0. The molecule has 1 nitrogen and oxygen atoms in total. The molecular weight excluding hydrogens is 181 g/mol. The molecule has 3 heteroatoms. The molecule has 0 unspecified atom stereocenters. The molecule has 0 aliphatic heterocycles. The van der Waals surface area contributed by atoms with Crippen molar-refractivity contribution in [1.29, 1.82) is 0 Å². The van der Waals surface area contributed by atoms with E-state index in [-0.39, 0.29) is 0 Å². The maximum Gasteiger partial charge on any atom is 0.0453 e. The molecule has 0 aliphatic carbocycles. The SMILES string of the molecule is [NH]CCc1ccc(Cl)cc1Cl. The standard InChI is InChI=1S/C8H8Cl2N/c9-7-2-1-6(3-4-11)8(10)5-7/h1-2,5,11H,3-4H2. The third-order valence-corrected chi connectivity index (χ3v) is 2.00. The summed E-state index contributed by atoms with van der Waals surface area (Å²) in [5, 5.41) is 1.30. The highest BCUT2D eigenvalue weighted by Gasteiger charge is 1.98. The molecule has 0 bridgehead atoms. The lowest BCUT2D eigenvalue weighted by Gasteiger charge is -2.00. The molecule has 0 spiro atoms. The molecule has 0 saturated carbocycles. The first kappa shape index (κ1) is 8.85. The summed E-state index contributed by atoms with van der Waals surface area (Å²) in [5.41, 5.74) is 7.99. The lowest BCUT2D eigenvalue weighted by Crippen LogP contribution is -1.92. The molecule has 1 rings (SSSR count). The Morgan fingerprint density at radius 1 is 1.27 bits per heavy atom. The van der Waals surface area contributed by atoms with Gasteiger partial charge in [-0.1, -0.05) is 29.3 Å². The molecule has 0 amide bonds. The van der Waals surface area contributed by atoms with Crippen LogP contribution in [0.3, 0.4) is 0 Å². The zero-order chi connectivity index (χ0) is 8.27. The van der Waals surface area contributed by atoms with Crippen molar-refractivity contribution in [2.75, 3.05) is 6.54 Å². The van der Waals surface area contributed by atoms with Crippen LogP contribution in [-0.2, 0) is 6.42 Å². The molecule has 0 heterocycles. The molecular formula is C8H8Cl2N. The predicted molar refractivity (Wildman–Crippen MR) is 48.1 cm³/mol. The second-order valence-electron chi connectivity index (χ2n) is 2.24. The Labute approximate surface area is 76.1 Å². The van der Waals surface area contributed by atoms with Crippen LogP contribution < -0.4 is 5.73 Å². The minimum Gasteiger partial charge on any atom is -0.258 e. The van der Waals surface area contributed by atoms with Crippen molar-refractivity contribution in [3.05, 3.63) is 33.8 Å². The van der Waals surface area contributed by atoms with Crippen LogP contribution in [0.25, 0.3) is 0 Å². The Kier molecular flexibility index (Phi) is 3.18. The molecule has 0 aromatic heterocycles. The first-order chi connectivity index (χ1) is 5.24. The van der Waals surface area contributed by atoms with E-state index in [1.165, 1.54) is 0 Å². The number of rotatable bonds is 2.